The van der Waals surface area contributed by atoms with Gasteiger partial charge in [-0.3, -0.25) is 10.1 Å². The van der Waals surface area contributed by atoms with Crippen molar-refractivity contribution in [3.63, 3.8) is 0 Å². The fourth-order valence-corrected chi connectivity index (χ4v) is 3.19. The van der Waals surface area contributed by atoms with Crippen LogP contribution in [0.4, 0.5) is 10.5 Å². The molecule has 0 radical (unpaired) electrons. The van der Waals surface area contributed by atoms with Crippen LogP contribution in [0.3, 0.4) is 0 Å². The van der Waals surface area contributed by atoms with Gasteiger partial charge in [-0.2, -0.15) is 0 Å². The molecule has 0 bridgehead atoms. The Bertz CT molecular complexity index is 864. The molecule has 2 N–H and O–H groups in total. The first-order chi connectivity index (χ1) is 14.2. The first-order valence-electron chi connectivity index (χ1n) is 9.65. The summed E-state index contributed by atoms with van der Waals surface area (Å²) < 4.78 is 15.8. The summed E-state index contributed by atoms with van der Waals surface area (Å²) in [6.45, 7) is 5.46. The Morgan fingerprint density at radius 1 is 1.30 bits per heavy atom. The van der Waals surface area contributed by atoms with Crippen molar-refractivity contribution < 1.29 is 28.7 Å². The second-order valence-corrected chi connectivity index (χ2v) is 7.01. The molecule has 2 amide bonds. The highest BCUT2D eigenvalue weighted by Crippen LogP contribution is 2.42. The number of carbonyl (C=O) groups excluding carboxylic acids is 2. The van der Waals surface area contributed by atoms with Crippen molar-refractivity contribution in [2.24, 2.45) is 0 Å². The van der Waals surface area contributed by atoms with Crippen molar-refractivity contribution in [2.75, 3.05) is 14.2 Å². The van der Waals surface area contributed by atoms with Crippen LogP contribution in [0, 0.1) is 10.1 Å². The number of esters is 1. The summed E-state index contributed by atoms with van der Waals surface area (Å²) in [5.74, 6) is -0.529. The normalized spacial score (nSPS) is 16.1. The smallest absolute Gasteiger partial charge is 0.337 e. The Labute approximate surface area is 174 Å². The molecule has 0 aromatic heterocycles. The maximum absolute atomic E-state index is 12.6. The van der Waals surface area contributed by atoms with Gasteiger partial charge in [0.05, 0.1) is 36.9 Å². The lowest BCUT2D eigenvalue weighted by atomic mass is 9.93. The zero-order valence-corrected chi connectivity index (χ0v) is 17.7. The molecule has 1 aliphatic heterocycles. The van der Waals surface area contributed by atoms with Crippen molar-refractivity contribution in [3.8, 4) is 11.5 Å². The number of benzene rings is 1. The van der Waals surface area contributed by atoms with E-state index in [4.69, 9.17) is 14.2 Å². The van der Waals surface area contributed by atoms with E-state index < -0.39 is 23.0 Å². The van der Waals surface area contributed by atoms with E-state index >= 15 is 0 Å². The van der Waals surface area contributed by atoms with Gasteiger partial charge in [-0.25, -0.2) is 9.59 Å². The number of urea groups is 1. The number of ether oxygens (including phenoxy) is 3. The lowest BCUT2D eigenvalue weighted by molar-refractivity contribution is -0.386. The van der Waals surface area contributed by atoms with E-state index in [-0.39, 0.29) is 28.9 Å². The number of nitro groups is 1. The van der Waals surface area contributed by atoms with Crippen LogP contribution in [0.5, 0.6) is 11.5 Å². The van der Waals surface area contributed by atoms with E-state index in [0.717, 1.165) is 12.8 Å². The highest BCUT2D eigenvalue weighted by molar-refractivity contribution is 5.95. The lowest BCUT2D eigenvalue weighted by Gasteiger charge is -2.29. The standard InChI is InChI=1S/C20H27N3O7/c1-6-7-8-13-16(19(24)29-5)17(22-20(25)21-13)12-9-14(23(26)27)18(30-11(2)3)15(10-12)28-4/h9-11,17H,6-8H2,1-5H3,(H2,21,22,25). The van der Waals surface area contributed by atoms with Crippen LogP contribution in [-0.2, 0) is 9.53 Å². The predicted molar refractivity (Wildman–Crippen MR) is 108 cm³/mol. The number of rotatable bonds is 9. The van der Waals surface area contributed by atoms with Gasteiger partial charge in [-0.05, 0) is 38.3 Å². The SMILES string of the molecule is CCCCC1=C(C(=O)OC)C(c2cc(OC)c(OC(C)C)c([N+](=O)[O-])c2)NC(=O)N1. The molecule has 0 spiro atoms. The Hall–Kier alpha value is -3.30. The molecule has 30 heavy (non-hydrogen) atoms. The zero-order chi connectivity index (χ0) is 22.4. The third kappa shape index (κ3) is 5.00. The van der Waals surface area contributed by atoms with Crippen molar-refractivity contribution >= 4 is 17.7 Å². The number of unbranched alkanes of at least 4 members (excludes halogenated alkanes) is 1. The Morgan fingerprint density at radius 2 is 2.00 bits per heavy atom. The summed E-state index contributed by atoms with van der Waals surface area (Å²) >= 11 is 0. The van der Waals surface area contributed by atoms with Crippen LogP contribution in [0.15, 0.2) is 23.4 Å². The van der Waals surface area contributed by atoms with Crippen molar-refractivity contribution in [1.29, 1.82) is 0 Å². The van der Waals surface area contributed by atoms with Crippen molar-refractivity contribution in [2.45, 2.75) is 52.2 Å². The molecule has 164 valence electrons. The molecular formula is C20H27N3O7. The molecule has 10 nitrogen and oxygen atoms in total. The molecule has 0 aliphatic carbocycles. The molecule has 2 rings (SSSR count). The minimum atomic E-state index is -0.946. The molecule has 1 heterocycles. The minimum Gasteiger partial charge on any atom is -0.493 e. The molecule has 1 aliphatic rings. The molecule has 1 unspecified atom stereocenters. The summed E-state index contributed by atoms with van der Waals surface area (Å²) in [6, 6.07) is 1.33. The Balaban J connectivity index is 2.69. The zero-order valence-electron chi connectivity index (χ0n) is 17.7. The number of allylic oxidation sites excluding steroid dienone is 1. The van der Waals surface area contributed by atoms with Gasteiger partial charge in [0, 0.05) is 11.8 Å². The number of methoxy groups -OCH3 is 2. The summed E-state index contributed by atoms with van der Waals surface area (Å²) in [4.78, 5) is 35.9. The van der Waals surface area contributed by atoms with Gasteiger partial charge in [0.15, 0.2) is 5.75 Å². The number of carbonyl (C=O) groups is 2. The second kappa shape index (κ2) is 9.95. The number of hydrogen-bond donors (Lipinski definition) is 2. The monoisotopic (exact) mass is 421 g/mol. The molecule has 0 saturated carbocycles. The molecule has 0 fully saturated rings. The van der Waals surface area contributed by atoms with E-state index in [1.165, 1.54) is 26.4 Å². The second-order valence-electron chi connectivity index (χ2n) is 7.01. The van der Waals surface area contributed by atoms with Crippen molar-refractivity contribution in [1.82, 2.24) is 10.6 Å². The summed E-state index contributed by atoms with van der Waals surface area (Å²) in [6.07, 6.45) is 1.73. The predicted octanol–water partition coefficient (Wildman–Crippen LogP) is 3.36. The first kappa shape index (κ1) is 23.0. The fourth-order valence-electron chi connectivity index (χ4n) is 3.19. The highest BCUT2D eigenvalue weighted by Gasteiger charge is 2.35. The maximum atomic E-state index is 12.6. The van der Waals surface area contributed by atoms with E-state index in [0.29, 0.717) is 17.7 Å². The highest BCUT2D eigenvalue weighted by atomic mass is 16.6. The molecule has 1 atom stereocenters. The summed E-state index contributed by atoms with van der Waals surface area (Å²) in [5.41, 5.74) is 0.602. The van der Waals surface area contributed by atoms with E-state index in [9.17, 15) is 19.7 Å². The number of nitrogens with zero attached hydrogens (tertiary/aromatic N) is 1. The average molecular weight is 421 g/mol. The maximum Gasteiger partial charge on any atom is 0.337 e. The topological polar surface area (TPSA) is 129 Å². The van der Waals surface area contributed by atoms with Crippen LogP contribution in [0.25, 0.3) is 0 Å². The van der Waals surface area contributed by atoms with Gasteiger partial charge in [-0.1, -0.05) is 13.3 Å². The van der Waals surface area contributed by atoms with E-state index in [2.05, 4.69) is 10.6 Å². The molecule has 10 heteroatoms. The van der Waals surface area contributed by atoms with Crippen LogP contribution < -0.4 is 20.1 Å². The van der Waals surface area contributed by atoms with Gasteiger partial charge in [-0.15, -0.1) is 0 Å². The molecular weight excluding hydrogens is 394 g/mol. The third-order valence-electron chi connectivity index (χ3n) is 4.50. The molecule has 0 saturated heterocycles. The van der Waals surface area contributed by atoms with Gasteiger partial charge in [0.1, 0.15) is 0 Å². The van der Waals surface area contributed by atoms with Crippen LogP contribution >= 0.6 is 0 Å². The van der Waals surface area contributed by atoms with Gasteiger partial charge < -0.3 is 24.8 Å². The number of hydrogen-bond acceptors (Lipinski definition) is 7. The quantitative estimate of drug-likeness (QED) is 0.355. The van der Waals surface area contributed by atoms with Crippen molar-refractivity contribution in [3.05, 3.63) is 39.1 Å². The minimum absolute atomic E-state index is 0.0173. The molecule has 1 aromatic carbocycles. The third-order valence-corrected chi connectivity index (χ3v) is 4.50. The Kier molecular flexibility index (Phi) is 7.62. The molecule has 1 aromatic rings. The Morgan fingerprint density at radius 3 is 2.53 bits per heavy atom. The van der Waals surface area contributed by atoms with E-state index in [1.807, 2.05) is 6.92 Å². The number of amides is 2. The van der Waals surface area contributed by atoms with Gasteiger partial charge in [0.2, 0.25) is 5.75 Å². The van der Waals surface area contributed by atoms with E-state index in [1.54, 1.807) is 13.8 Å². The largest absolute Gasteiger partial charge is 0.493 e. The average Bonchev–Trinajstić information content (AvgIpc) is 2.70. The number of nitrogens with one attached hydrogen (secondary N) is 2. The van der Waals surface area contributed by atoms with Crippen LogP contribution in [0.1, 0.15) is 51.6 Å². The van der Waals surface area contributed by atoms with Crippen LogP contribution in [0.2, 0.25) is 0 Å². The van der Waals surface area contributed by atoms with Crippen LogP contribution in [-0.4, -0.2) is 37.2 Å². The summed E-state index contributed by atoms with van der Waals surface area (Å²) in [5, 5.41) is 17.0. The fraction of sp³-hybridized carbons (Fsp3) is 0.500. The number of nitro benzene ring substituents is 1. The lowest BCUT2D eigenvalue weighted by Crippen LogP contribution is -2.46. The van der Waals surface area contributed by atoms with Gasteiger partial charge >= 0.3 is 17.7 Å². The van der Waals surface area contributed by atoms with Gasteiger partial charge in [0.25, 0.3) is 0 Å². The summed E-state index contributed by atoms with van der Waals surface area (Å²) in [7, 11) is 2.60. The first-order valence-corrected chi connectivity index (χ1v) is 9.65.